The van der Waals surface area contributed by atoms with Crippen LogP contribution in [0.15, 0.2) is 0 Å². The van der Waals surface area contributed by atoms with Crippen LogP contribution in [0.1, 0.15) is 12.8 Å². The van der Waals surface area contributed by atoms with Gasteiger partial charge in [0.2, 0.25) is 5.91 Å². The first kappa shape index (κ1) is 8.99. The maximum absolute atomic E-state index is 10.9. The highest BCUT2D eigenvalue weighted by molar-refractivity contribution is 5.84. The van der Waals surface area contributed by atoms with E-state index in [1.165, 1.54) is 4.90 Å². The number of carbonyl (C=O) groups is 2. The molecule has 1 aliphatic rings. The third-order valence-electron chi connectivity index (χ3n) is 1.99. The Morgan fingerprint density at radius 3 is 2.67 bits per heavy atom. The summed E-state index contributed by atoms with van der Waals surface area (Å²) in [5.74, 6) is -1.49. The van der Waals surface area contributed by atoms with E-state index in [9.17, 15) is 9.59 Å². The van der Waals surface area contributed by atoms with Crippen LogP contribution in [0, 0.1) is 0 Å². The number of carboxylic acid groups (broad SMARTS) is 1. The maximum Gasteiger partial charge on any atom is 0.326 e. The van der Waals surface area contributed by atoms with Crippen molar-refractivity contribution in [2.75, 3.05) is 13.2 Å². The van der Waals surface area contributed by atoms with Crippen LogP contribution < -0.4 is 0 Å². The number of nitrogens with zero attached hydrogens (tertiary/aromatic N) is 1. The van der Waals surface area contributed by atoms with Crippen LogP contribution in [0.25, 0.3) is 0 Å². The van der Waals surface area contributed by atoms with Gasteiger partial charge in [0.1, 0.15) is 12.6 Å². The van der Waals surface area contributed by atoms with Crippen molar-refractivity contribution >= 4 is 11.9 Å². The van der Waals surface area contributed by atoms with E-state index in [0.717, 1.165) is 0 Å². The van der Waals surface area contributed by atoms with Crippen LogP contribution >= 0.6 is 0 Å². The van der Waals surface area contributed by atoms with E-state index >= 15 is 0 Å². The molecule has 1 amide bonds. The molecule has 0 radical (unpaired) electrons. The molecule has 5 nitrogen and oxygen atoms in total. The molecule has 0 bridgehead atoms. The van der Waals surface area contributed by atoms with Crippen LogP contribution in [-0.2, 0) is 9.59 Å². The van der Waals surface area contributed by atoms with E-state index in [2.05, 4.69) is 0 Å². The molecule has 0 aromatic carbocycles. The van der Waals surface area contributed by atoms with Gasteiger partial charge in [-0.05, 0) is 12.8 Å². The molecule has 5 heteroatoms. The van der Waals surface area contributed by atoms with Crippen molar-refractivity contribution in [1.29, 1.82) is 0 Å². The Hall–Kier alpha value is -1.10. The van der Waals surface area contributed by atoms with Crippen LogP contribution in [0.3, 0.4) is 0 Å². The highest BCUT2D eigenvalue weighted by atomic mass is 16.4. The highest BCUT2D eigenvalue weighted by Crippen LogP contribution is 2.16. The fourth-order valence-corrected chi connectivity index (χ4v) is 1.41. The summed E-state index contributed by atoms with van der Waals surface area (Å²) in [6, 6.07) is -0.732. The Balaban J connectivity index is 2.63. The van der Waals surface area contributed by atoms with Crippen molar-refractivity contribution in [2.24, 2.45) is 0 Å². The molecule has 1 rings (SSSR count). The van der Waals surface area contributed by atoms with Gasteiger partial charge in [0.05, 0.1) is 0 Å². The minimum Gasteiger partial charge on any atom is -0.480 e. The van der Waals surface area contributed by atoms with Crippen molar-refractivity contribution in [3.63, 3.8) is 0 Å². The first-order valence-electron chi connectivity index (χ1n) is 3.80. The summed E-state index contributed by atoms with van der Waals surface area (Å²) >= 11 is 0. The number of aliphatic carboxylic acids is 1. The predicted octanol–water partition coefficient (Wildman–Crippen LogP) is -0.946. The van der Waals surface area contributed by atoms with Gasteiger partial charge in [0.15, 0.2) is 0 Å². The Bertz CT molecular complexity index is 204. The molecule has 0 aliphatic carbocycles. The quantitative estimate of drug-likeness (QED) is 0.564. The largest absolute Gasteiger partial charge is 0.480 e. The molecule has 2 N–H and O–H groups in total. The zero-order valence-corrected chi connectivity index (χ0v) is 6.56. The van der Waals surface area contributed by atoms with E-state index in [1.807, 2.05) is 0 Å². The molecule has 1 fully saturated rings. The lowest BCUT2D eigenvalue weighted by molar-refractivity contribution is -0.149. The SMILES string of the molecule is O=C(O)[C@@H]1CCCN1C(=O)CO. The fraction of sp³-hybridized carbons (Fsp3) is 0.714. The summed E-state index contributed by atoms with van der Waals surface area (Å²) in [5.41, 5.74) is 0. The first-order chi connectivity index (χ1) is 5.66. The summed E-state index contributed by atoms with van der Waals surface area (Å²) in [5, 5.41) is 17.2. The third kappa shape index (κ3) is 1.55. The van der Waals surface area contributed by atoms with E-state index < -0.39 is 24.5 Å². The second kappa shape index (κ2) is 3.53. The second-order valence-corrected chi connectivity index (χ2v) is 2.74. The normalized spacial score (nSPS) is 22.8. The number of hydrogen-bond donors (Lipinski definition) is 2. The van der Waals surface area contributed by atoms with Gasteiger partial charge in [-0.15, -0.1) is 0 Å². The van der Waals surface area contributed by atoms with Gasteiger partial charge in [-0.3, -0.25) is 4.79 Å². The molecule has 0 aromatic heterocycles. The monoisotopic (exact) mass is 173 g/mol. The molecule has 68 valence electrons. The van der Waals surface area contributed by atoms with Crippen molar-refractivity contribution in [3.8, 4) is 0 Å². The van der Waals surface area contributed by atoms with Gasteiger partial charge in [-0.25, -0.2) is 4.79 Å². The molecule has 1 aliphatic heterocycles. The summed E-state index contributed by atoms with van der Waals surface area (Å²) in [6.07, 6.45) is 1.18. The van der Waals surface area contributed by atoms with Gasteiger partial charge < -0.3 is 15.1 Å². The minimum atomic E-state index is -0.991. The van der Waals surface area contributed by atoms with Crippen LogP contribution in [0.2, 0.25) is 0 Å². The van der Waals surface area contributed by atoms with E-state index in [0.29, 0.717) is 19.4 Å². The number of aliphatic hydroxyl groups is 1. The average molecular weight is 173 g/mol. The lowest BCUT2D eigenvalue weighted by Gasteiger charge is -2.19. The summed E-state index contributed by atoms with van der Waals surface area (Å²) in [4.78, 5) is 22.7. The highest BCUT2D eigenvalue weighted by Gasteiger charge is 2.33. The van der Waals surface area contributed by atoms with E-state index in [4.69, 9.17) is 10.2 Å². The maximum atomic E-state index is 10.9. The lowest BCUT2D eigenvalue weighted by Crippen LogP contribution is -2.41. The van der Waals surface area contributed by atoms with Gasteiger partial charge in [0, 0.05) is 6.54 Å². The molecule has 0 unspecified atom stereocenters. The molecule has 0 spiro atoms. The van der Waals surface area contributed by atoms with E-state index in [-0.39, 0.29) is 0 Å². The minimum absolute atomic E-state index is 0.441. The van der Waals surface area contributed by atoms with Crippen molar-refractivity contribution in [1.82, 2.24) is 4.90 Å². The third-order valence-corrected chi connectivity index (χ3v) is 1.99. The molecule has 1 atom stereocenters. The Labute approximate surface area is 69.6 Å². The number of rotatable bonds is 2. The molecular weight excluding hydrogens is 162 g/mol. The summed E-state index contributed by atoms with van der Waals surface area (Å²) in [6.45, 7) is -0.167. The van der Waals surface area contributed by atoms with Gasteiger partial charge in [-0.2, -0.15) is 0 Å². The molecule has 0 saturated carbocycles. The standard InChI is InChI=1S/C7H11NO4/c9-4-6(10)8-3-1-2-5(8)7(11)12/h5,9H,1-4H2,(H,11,12)/t5-/m0/s1. The zero-order chi connectivity index (χ0) is 9.14. The number of carboxylic acids is 1. The average Bonchev–Trinajstić information content (AvgIpc) is 2.50. The van der Waals surface area contributed by atoms with E-state index in [1.54, 1.807) is 0 Å². The Kier molecular flexibility index (Phi) is 2.65. The molecule has 0 aromatic rings. The van der Waals surface area contributed by atoms with Crippen LogP contribution in [-0.4, -0.2) is 46.2 Å². The lowest BCUT2D eigenvalue weighted by atomic mass is 10.2. The van der Waals surface area contributed by atoms with Crippen LogP contribution in [0.4, 0.5) is 0 Å². The number of carbonyl (C=O) groups excluding carboxylic acids is 1. The number of hydrogen-bond acceptors (Lipinski definition) is 3. The van der Waals surface area contributed by atoms with Gasteiger partial charge in [-0.1, -0.05) is 0 Å². The molecule has 1 saturated heterocycles. The topological polar surface area (TPSA) is 77.8 Å². The first-order valence-corrected chi connectivity index (χ1v) is 3.80. The molecule has 1 heterocycles. The van der Waals surface area contributed by atoms with Crippen molar-refractivity contribution in [3.05, 3.63) is 0 Å². The summed E-state index contributed by atoms with van der Waals surface area (Å²) in [7, 11) is 0. The Morgan fingerprint density at radius 1 is 1.50 bits per heavy atom. The molecular formula is C7H11NO4. The number of amides is 1. The predicted molar refractivity (Wildman–Crippen MR) is 39.5 cm³/mol. The van der Waals surface area contributed by atoms with Gasteiger partial charge >= 0.3 is 5.97 Å². The van der Waals surface area contributed by atoms with Crippen molar-refractivity contribution < 1.29 is 19.8 Å². The second-order valence-electron chi connectivity index (χ2n) is 2.74. The Morgan fingerprint density at radius 2 is 2.17 bits per heavy atom. The van der Waals surface area contributed by atoms with Crippen molar-refractivity contribution in [2.45, 2.75) is 18.9 Å². The summed E-state index contributed by atoms with van der Waals surface area (Å²) < 4.78 is 0. The van der Waals surface area contributed by atoms with Crippen LogP contribution in [0.5, 0.6) is 0 Å². The number of likely N-dealkylation sites (tertiary alicyclic amines) is 1. The zero-order valence-electron chi connectivity index (χ0n) is 6.56. The molecule has 12 heavy (non-hydrogen) atoms. The fourth-order valence-electron chi connectivity index (χ4n) is 1.41. The van der Waals surface area contributed by atoms with Gasteiger partial charge in [0.25, 0.3) is 0 Å². The number of aliphatic hydroxyl groups excluding tert-OH is 1. The smallest absolute Gasteiger partial charge is 0.326 e.